The van der Waals surface area contributed by atoms with Crippen LogP contribution in [0.3, 0.4) is 0 Å². The summed E-state index contributed by atoms with van der Waals surface area (Å²) in [6.45, 7) is 4.61. The van der Waals surface area contributed by atoms with Gasteiger partial charge in [-0.1, -0.05) is 19.0 Å². The van der Waals surface area contributed by atoms with E-state index in [1.54, 1.807) is 6.20 Å². The van der Waals surface area contributed by atoms with Crippen LogP contribution in [-0.2, 0) is 19.9 Å². The van der Waals surface area contributed by atoms with Gasteiger partial charge in [-0.25, -0.2) is 4.98 Å². The Kier molecular flexibility index (Phi) is 3.10. The van der Waals surface area contributed by atoms with Gasteiger partial charge in [0, 0.05) is 41.6 Å². The number of hydrogen-bond acceptors (Lipinski definition) is 5. The van der Waals surface area contributed by atoms with Gasteiger partial charge < -0.3 is 9.51 Å². The maximum absolute atomic E-state index is 5.56. The highest BCUT2D eigenvalue weighted by Crippen LogP contribution is 2.38. The van der Waals surface area contributed by atoms with Crippen molar-refractivity contribution in [1.29, 1.82) is 0 Å². The monoisotopic (exact) mass is 348 g/mol. The van der Waals surface area contributed by atoms with E-state index in [1.165, 1.54) is 11.3 Å². The quantitative estimate of drug-likeness (QED) is 0.599. The molecule has 0 amide bonds. The summed E-state index contributed by atoms with van der Waals surface area (Å²) in [4.78, 5) is 12.1. The summed E-state index contributed by atoms with van der Waals surface area (Å²) >= 11 is 0. The van der Waals surface area contributed by atoms with Crippen molar-refractivity contribution in [3.63, 3.8) is 0 Å². The normalized spacial score (nSPS) is 16.1. The molecule has 7 heteroatoms. The number of nitrogens with zero attached hydrogens (tertiary/aromatic N) is 5. The Morgan fingerprint density at radius 1 is 1.31 bits per heavy atom. The lowest BCUT2D eigenvalue weighted by Gasteiger charge is -2.29. The average Bonchev–Trinajstić information content (AvgIpc) is 3.32. The maximum Gasteiger partial charge on any atom is 0.279 e. The molecule has 4 aromatic rings. The third-order valence-electron chi connectivity index (χ3n) is 5.26. The van der Waals surface area contributed by atoms with E-state index < -0.39 is 0 Å². The zero-order chi connectivity index (χ0) is 17.9. The zero-order valence-electron chi connectivity index (χ0n) is 15.1. The van der Waals surface area contributed by atoms with E-state index in [0.29, 0.717) is 17.1 Å². The summed E-state index contributed by atoms with van der Waals surface area (Å²) in [7, 11) is 1.99. The van der Waals surface area contributed by atoms with E-state index >= 15 is 0 Å². The van der Waals surface area contributed by atoms with Gasteiger partial charge in [0.2, 0.25) is 5.82 Å². The van der Waals surface area contributed by atoms with Crippen LogP contribution in [0.2, 0.25) is 0 Å². The number of pyridine rings is 1. The number of H-pyrrole nitrogens is 1. The number of aromatic nitrogens is 6. The lowest BCUT2D eigenvalue weighted by atomic mass is 9.76. The molecule has 0 bridgehead atoms. The second kappa shape index (κ2) is 5.27. The van der Waals surface area contributed by atoms with E-state index in [9.17, 15) is 0 Å². The minimum absolute atomic E-state index is 0.301. The molecular weight excluding hydrogens is 328 g/mol. The second-order valence-electron chi connectivity index (χ2n) is 7.80. The molecule has 4 heterocycles. The minimum atomic E-state index is 0.301. The molecule has 0 unspecified atom stereocenters. The van der Waals surface area contributed by atoms with Crippen molar-refractivity contribution in [1.82, 2.24) is 29.9 Å². The van der Waals surface area contributed by atoms with Gasteiger partial charge in [-0.2, -0.15) is 10.1 Å². The minimum Gasteiger partial charge on any atom is -0.346 e. The van der Waals surface area contributed by atoms with Crippen molar-refractivity contribution < 1.29 is 4.52 Å². The van der Waals surface area contributed by atoms with Crippen LogP contribution in [0.1, 0.15) is 31.5 Å². The van der Waals surface area contributed by atoms with Crippen molar-refractivity contribution in [2.24, 2.45) is 12.5 Å². The predicted octanol–water partition coefficient (Wildman–Crippen LogP) is 3.53. The van der Waals surface area contributed by atoms with Crippen molar-refractivity contribution in [2.45, 2.75) is 33.1 Å². The Hall–Kier alpha value is -2.96. The van der Waals surface area contributed by atoms with Gasteiger partial charge in [0.25, 0.3) is 5.89 Å². The first-order valence-corrected chi connectivity index (χ1v) is 8.82. The molecule has 0 saturated heterocycles. The Balaban J connectivity index is 1.55. The number of nitrogens with one attached hydrogen (secondary N) is 1. The van der Waals surface area contributed by atoms with Gasteiger partial charge in [-0.3, -0.25) is 4.68 Å². The SMILES string of the molecule is Cn1nc(-c2nc(-c3cnc4[nH]ccc4c3)no2)c2c1CC(C)(C)CC2. The van der Waals surface area contributed by atoms with Crippen LogP contribution in [0.5, 0.6) is 0 Å². The molecular formula is C19H20N6O. The third-order valence-corrected chi connectivity index (χ3v) is 5.26. The molecule has 1 aliphatic carbocycles. The van der Waals surface area contributed by atoms with Crippen LogP contribution in [0.15, 0.2) is 29.0 Å². The maximum atomic E-state index is 5.56. The highest BCUT2D eigenvalue weighted by Gasteiger charge is 2.32. The van der Waals surface area contributed by atoms with Crippen LogP contribution in [0, 0.1) is 5.41 Å². The fourth-order valence-corrected chi connectivity index (χ4v) is 3.76. The van der Waals surface area contributed by atoms with Crippen molar-refractivity contribution in [3.8, 4) is 23.0 Å². The number of hydrogen-bond donors (Lipinski definition) is 1. The van der Waals surface area contributed by atoms with Gasteiger partial charge >= 0.3 is 0 Å². The Morgan fingerprint density at radius 2 is 2.19 bits per heavy atom. The lowest BCUT2D eigenvalue weighted by molar-refractivity contribution is 0.306. The highest BCUT2D eigenvalue weighted by molar-refractivity contribution is 5.80. The summed E-state index contributed by atoms with van der Waals surface area (Å²) in [6, 6.07) is 3.98. The molecule has 5 rings (SSSR count). The molecule has 1 N–H and O–H groups in total. The van der Waals surface area contributed by atoms with E-state index in [0.717, 1.165) is 41.6 Å². The molecule has 0 saturated carbocycles. The van der Waals surface area contributed by atoms with E-state index in [2.05, 4.69) is 39.1 Å². The molecule has 0 atom stereocenters. The number of aromatic amines is 1. The third kappa shape index (κ3) is 2.34. The number of rotatable bonds is 2. The van der Waals surface area contributed by atoms with Crippen molar-refractivity contribution >= 4 is 11.0 Å². The van der Waals surface area contributed by atoms with Crippen molar-refractivity contribution in [2.75, 3.05) is 0 Å². The number of aryl methyl sites for hydroxylation is 1. The van der Waals surface area contributed by atoms with Gasteiger partial charge in [0.05, 0.1) is 0 Å². The van der Waals surface area contributed by atoms with Crippen LogP contribution in [0.25, 0.3) is 34.0 Å². The lowest BCUT2D eigenvalue weighted by Crippen LogP contribution is -2.23. The average molecular weight is 348 g/mol. The summed E-state index contributed by atoms with van der Waals surface area (Å²) in [6.07, 6.45) is 6.75. The van der Waals surface area contributed by atoms with Gasteiger partial charge in [-0.05, 0) is 36.8 Å². The summed E-state index contributed by atoms with van der Waals surface area (Å²) in [5.74, 6) is 1.01. The molecule has 132 valence electrons. The Bertz CT molecular complexity index is 1120. The predicted molar refractivity (Wildman–Crippen MR) is 97.4 cm³/mol. The first kappa shape index (κ1) is 15.3. The summed E-state index contributed by atoms with van der Waals surface area (Å²) in [5, 5.41) is 9.85. The standard InChI is InChI=1S/C19H20N6O/c1-19(2)6-4-13-14(9-19)25(3)23-15(13)18-22-17(24-26-18)12-8-11-5-7-20-16(11)21-10-12/h5,7-8,10H,4,6,9H2,1-3H3,(H,20,21). The Morgan fingerprint density at radius 3 is 3.08 bits per heavy atom. The van der Waals surface area contributed by atoms with Crippen LogP contribution >= 0.6 is 0 Å². The van der Waals surface area contributed by atoms with E-state index in [4.69, 9.17) is 4.52 Å². The topological polar surface area (TPSA) is 85.4 Å². The molecule has 0 spiro atoms. The molecule has 7 nitrogen and oxygen atoms in total. The molecule has 0 aliphatic heterocycles. The first-order chi connectivity index (χ1) is 12.5. The largest absolute Gasteiger partial charge is 0.346 e. The molecule has 1 aliphatic rings. The van der Waals surface area contributed by atoms with Crippen LogP contribution in [0.4, 0.5) is 0 Å². The Labute approximate surface area is 150 Å². The molecule has 0 fully saturated rings. The fraction of sp³-hybridized carbons (Fsp3) is 0.368. The van der Waals surface area contributed by atoms with Gasteiger partial charge in [-0.15, -0.1) is 0 Å². The van der Waals surface area contributed by atoms with E-state index in [-0.39, 0.29) is 0 Å². The van der Waals surface area contributed by atoms with Crippen molar-refractivity contribution in [3.05, 3.63) is 35.8 Å². The smallest absolute Gasteiger partial charge is 0.279 e. The van der Waals surface area contributed by atoms with Crippen LogP contribution in [-0.4, -0.2) is 29.9 Å². The second-order valence-corrected chi connectivity index (χ2v) is 7.80. The summed E-state index contributed by atoms with van der Waals surface area (Å²) in [5.41, 5.74) is 5.30. The number of fused-ring (bicyclic) bond motifs is 2. The highest BCUT2D eigenvalue weighted by atomic mass is 16.5. The molecule has 4 aromatic heterocycles. The van der Waals surface area contributed by atoms with Gasteiger partial charge in [0.15, 0.2) is 5.69 Å². The zero-order valence-corrected chi connectivity index (χ0v) is 15.1. The fourth-order valence-electron chi connectivity index (χ4n) is 3.76. The molecule has 0 aromatic carbocycles. The van der Waals surface area contributed by atoms with E-state index in [1.807, 2.05) is 30.1 Å². The first-order valence-electron chi connectivity index (χ1n) is 8.82. The van der Waals surface area contributed by atoms with Gasteiger partial charge in [0.1, 0.15) is 5.65 Å². The molecule has 26 heavy (non-hydrogen) atoms. The summed E-state index contributed by atoms with van der Waals surface area (Å²) < 4.78 is 7.52. The van der Waals surface area contributed by atoms with Crippen LogP contribution < -0.4 is 0 Å². The molecule has 0 radical (unpaired) electrons.